The molecule has 1 atom stereocenters. The van der Waals surface area contributed by atoms with Crippen LogP contribution in [-0.2, 0) is 4.79 Å². The molecule has 0 saturated carbocycles. The number of carboxylic acids is 1. The summed E-state index contributed by atoms with van der Waals surface area (Å²) in [5.41, 5.74) is -0.00810. The minimum Gasteiger partial charge on any atom is -0.481 e. The normalized spacial score (nSPS) is 22.9. The van der Waals surface area contributed by atoms with Gasteiger partial charge >= 0.3 is 5.97 Å². The summed E-state index contributed by atoms with van der Waals surface area (Å²) in [6.45, 7) is -0.740. The van der Waals surface area contributed by atoms with Crippen molar-refractivity contribution in [1.82, 2.24) is 5.32 Å². The standard InChI is InChI=1S/C6H7FN2O2S/c7-1-4-3(5(10)11)2-8-6(12)9-4/h3H,1-2H2,(H,8,12)(H,10,11). The van der Waals surface area contributed by atoms with Crippen molar-refractivity contribution < 1.29 is 14.3 Å². The summed E-state index contributed by atoms with van der Waals surface area (Å²) in [5, 5.41) is 11.3. The Balaban J connectivity index is 2.84. The molecule has 0 radical (unpaired) electrons. The average Bonchev–Trinajstić information content (AvgIpc) is 2.03. The van der Waals surface area contributed by atoms with E-state index < -0.39 is 18.6 Å². The Morgan fingerprint density at radius 1 is 1.92 bits per heavy atom. The first-order valence-corrected chi connectivity index (χ1v) is 3.70. The molecule has 0 amide bonds. The highest BCUT2D eigenvalue weighted by molar-refractivity contribution is 7.80. The quantitative estimate of drug-likeness (QED) is 0.601. The second-order valence-electron chi connectivity index (χ2n) is 2.31. The van der Waals surface area contributed by atoms with E-state index in [0.29, 0.717) is 0 Å². The zero-order valence-corrected chi connectivity index (χ0v) is 6.90. The lowest BCUT2D eigenvalue weighted by molar-refractivity contribution is -0.139. The van der Waals surface area contributed by atoms with Gasteiger partial charge in [-0.05, 0) is 12.2 Å². The molecule has 0 bridgehead atoms. The molecule has 12 heavy (non-hydrogen) atoms. The van der Waals surface area contributed by atoms with E-state index in [0.717, 1.165) is 0 Å². The molecule has 0 aromatic rings. The van der Waals surface area contributed by atoms with Gasteiger partial charge in [0, 0.05) is 6.54 Å². The number of carboxylic acid groups (broad SMARTS) is 1. The van der Waals surface area contributed by atoms with Crippen LogP contribution in [0, 0.1) is 5.92 Å². The van der Waals surface area contributed by atoms with Crippen molar-refractivity contribution in [3.05, 3.63) is 0 Å². The van der Waals surface area contributed by atoms with Crippen molar-refractivity contribution in [2.45, 2.75) is 0 Å². The topological polar surface area (TPSA) is 61.7 Å². The maximum Gasteiger partial charge on any atom is 0.314 e. The van der Waals surface area contributed by atoms with Gasteiger partial charge in [0.15, 0.2) is 5.11 Å². The fourth-order valence-corrected chi connectivity index (χ4v) is 1.11. The second-order valence-corrected chi connectivity index (χ2v) is 2.70. The van der Waals surface area contributed by atoms with Gasteiger partial charge in [-0.25, -0.2) is 9.38 Å². The molecule has 0 aromatic carbocycles. The van der Waals surface area contributed by atoms with Crippen LogP contribution in [0.15, 0.2) is 4.99 Å². The van der Waals surface area contributed by atoms with E-state index in [1.54, 1.807) is 0 Å². The van der Waals surface area contributed by atoms with Crippen molar-refractivity contribution in [2.24, 2.45) is 10.9 Å². The Kier molecular flexibility index (Phi) is 2.69. The van der Waals surface area contributed by atoms with Crippen LogP contribution in [0.4, 0.5) is 4.39 Å². The van der Waals surface area contributed by atoms with Gasteiger partial charge in [0.25, 0.3) is 0 Å². The summed E-state index contributed by atoms with van der Waals surface area (Å²) in [7, 11) is 0. The predicted molar refractivity (Wildman–Crippen MR) is 45.1 cm³/mol. The predicted octanol–water partition coefficient (Wildman–Crippen LogP) is -0.0142. The van der Waals surface area contributed by atoms with Crippen molar-refractivity contribution in [2.75, 3.05) is 13.2 Å². The smallest absolute Gasteiger partial charge is 0.314 e. The molecule has 0 fully saturated rings. The number of hydrogen-bond donors (Lipinski definition) is 2. The average molecular weight is 190 g/mol. The summed E-state index contributed by atoms with van der Waals surface area (Å²) >= 11 is 4.63. The highest BCUT2D eigenvalue weighted by atomic mass is 32.1. The lowest BCUT2D eigenvalue weighted by atomic mass is 10.0. The first kappa shape index (κ1) is 9.05. The number of aliphatic carboxylic acids is 1. The largest absolute Gasteiger partial charge is 0.481 e. The minimum absolute atomic E-state index is 0.00810. The van der Waals surface area contributed by atoms with Gasteiger partial charge in [-0.1, -0.05) is 0 Å². The summed E-state index contributed by atoms with van der Waals surface area (Å²) < 4.78 is 12.2. The van der Waals surface area contributed by atoms with Crippen LogP contribution >= 0.6 is 12.2 Å². The van der Waals surface area contributed by atoms with Gasteiger partial charge in [-0.15, -0.1) is 0 Å². The Labute approximate surface area is 73.5 Å². The number of nitrogens with one attached hydrogen (secondary N) is 1. The molecule has 0 aromatic heterocycles. The second kappa shape index (κ2) is 3.57. The first-order chi connectivity index (χ1) is 5.65. The fourth-order valence-electron chi connectivity index (χ4n) is 0.908. The third kappa shape index (κ3) is 1.76. The fraction of sp³-hybridized carbons (Fsp3) is 0.500. The van der Waals surface area contributed by atoms with Gasteiger partial charge in [0.2, 0.25) is 0 Å². The van der Waals surface area contributed by atoms with Gasteiger partial charge in [0.05, 0.1) is 5.71 Å². The van der Waals surface area contributed by atoms with Crippen LogP contribution < -0.4 is 5.32 Å². The number of nitrogens with zero attached hydrogens (tertiary/aromatic N) is 1. The molecule has 0 aliphatic carbocycles. The summed E-state index contributed by atoms with van der Waals surface area (Å²) in [6.07, 6.45) is 0. The molecule has 0 saturated heterocycles. The number of alkyl halides is 1. The molecular weight excluding hydrogens is 183 g/mol. The lowest BCUT2D eigenvalue weighted by Crippen LogP contribution is -2.42. The molecule has 1 heterocycles. The molecule has 66 valence electrons. The minimum atomic E-state index is -1.08. The van der Waals surface area contributed by atoms with Crippen LogP contribution in [0.2, 0.25) is 0 Å². The van der Waals surface area contributed by atoms with Gasteiger partial charge in [-0.2, -0.15) is 0 Å². The Morgan fingerprint density at radius 2 is 2.58 bits per heavy atom. The van der Waals surface area contributed by atoms with Gasteiger partial charge in [-0.3, -0.25) is 4.79 Å². The van der Waals surface area contributed by atoms with Crippen molar-refractivity contribution >= 4 is 29.0 Å². The molecule has 1 unspecified atom stereocenters. The number of thiocarbonyl (C=S) groups is 1. The molecule has 2 N–H and O–H groups in total. The van der Waals surface area contributed by atoms with Crippen molar-refractivity contribution in [3.8, 4) is 0 Å². The third-order valence-electron chi connectivity index (χ3n) is 1.54. The van der Waals surface area contributed by atoms with E-state index in [-0.39, 0.29) is 17.4 Å². The Hall–Kier alpha value is -1.04. The molecule has 0 spiro atoms. The number of halogens is 1. The van der Waals surface area contributed by atoms with Crippen LogP contribution in [0.3, 0.4) is 0 Å². The molecule has 1 rings (SSSR count). The maximum atomic E-state index is 12.2. The Bertz CT molecular complexity index is 254. The third-order valence-corrected chi connectivity index (χ3v) is 1.78. The van der Waals surface area contributed by atoms with Crippen LogP contribution in [0.5, 0.6) is 0 Å². The van der Waals surface area contributed by atoms with E-state index in [9.17, 15) is 9.18 Å². The highest BCUT2D eigenvalue weighted by Gasteiger charge is 2.27. The highest BCUT2D eigenvalue weighted by Crippen LogP contribution is 2.05. The number of hydrogen-bond acceptors (Lipinski definition) is 2. The molecular formula is C6H7FN2O2S. The zero-order chi connectivity index (χ0) is 9.14. The molecule has 1 aliphatic heterocycles. The van der Waals surface area contributed by atoms with Crippen molar-refractivity contribution in [3.63, 3.8) is 0 Å². The van der Waals surface area contributed by atoms with Crippen molar-refractivity contribution in [1.29, 1.82) is 0 Å². The number of rotatable bonds is 2. The van der Waals surface area contributed by atoms with Gasteiger partial charge in [0.1, 0.15) is 12.6 Å². The zero-order valence-electron chi connectivity index (χ0n) is 6.08. The van der Waals surface area contributed by atoms with E-state index in [1.165, 1.54) is 0 Å². The van der Waals surface area contributed by atoms with E-state index in [4.69, 9.17) is 5.11 Å². The maximum absolute atomic E-state index is 12.2. The monoisotopic (exact) mass is 190 g/mol. The van der Waals surface area contributed by atoms with E-state index >= 15 is 0 Å². The number of aliphatic imine (C=N–C) groups is 1. The lowest BCUT2D eigenvalue weighted by Gasteiger charge is -2.18. The summed E-state index contributed by atoms with van der Waals surface area (Å²) in [6, 6.07) is 0. The summed E-state index contributed by atoms with van der Waals surface area (Å²) in [5.74, 6) is -1.97. The molecule has 6 heteroatoms. The molecule has 1 aliphatic rings. The summed E-state index contributed by atoms with van der Waals surface area (Å²) in [4.78, 5) is 14.1. The van der Waals surface area contributed by atoms with E-state index in [1.807, 2.05) is 0 Å². The SMILES string of the molecule is O=C(O)C1CNC(=S)N=C1CF. The first-order valence-electron chi connectivity index (χ1n) is 3.29. The van der Waals surface area contributed by atoms with Crippen LogP contribution in [-0.4, -0.2) is 35.1 Å². The van der Waals surface area contributed by atoms with Crippen LogP contribution in [0.25, 0.3) is 0 Å². The Morgan fingerprint density at radius 3 is 3.08 bits per heavy atom. The van der Waals surface area contributed by atoms with Crippen LogP contribution in [0.1, 0.15) is 0 Å². The van der Waals surface area contributed by atoms with E-state index in [2.05, 4.69) is 22.5 Å². The van der Waals surface area contributed by atoms with Gasteiger partial charge < -0.3 is 10.4 Å². The molecule has 4 nitrogen and oxygen atoms in total. The number of carbonyl (C=O) groups is 1.